The number of carbonyl (C=O) groups excluding carboxylic acids is 3. The number of aldehydes is 1. The Bertz CT molecular complexity index is 751. The number of benzene rings is 1. The summed E-state index contributed by atoms with van der Waals surface area (Å²) in [5, 5.41) is 5.08. The van der Waals surface area contributed by atoms with E-state index >= 15 is 0 Å². The van der Waals surface area contributed by atoms with Crippen molar-refractivity contribution in [3.63, 3.8) is 0 Å². The van der Waals surface area contributed by atoms with Crippen molar-refractivity contribution in [3.8, 4) is 5.75 Å². The maximum atomic E-state index is 12.0. The molecule has 7 nitrogen and oxygen atoms in total. The van der Waals surface area contributed by atoms with Crippen LogP contribution < -0.4 is 15.4 Å². The first-order valence-electron chi connectivity index (χ1n) is 9.63. The van der Waals surface area contributed by atoms with Crippen LogP contribution in [-0.2, 0) is 9.59 Å². The SMILES string of the molecule is [B]C1CC1c1ccc(OC2CN(CC(C)C(=O)NCC(=O)NC)C2)c(C=O)c1. The van der Waals surface area contributed by atoms with Gasteiger partial charge in [0.2, 0.25) is 11.8 Å². The van der Waals surface area contributed by atoms with Crippen molar-refractivity contribution in [3.05, 3.63) is 29.3 Å². The number of carbonyl (C=O) groups is 3. The van der Waals surface area contributed by atoms with E-state index in [1.807, 2.05) is 25.1 Å². The quantitative estimate of drug-likeness (QED) is 0.479. The molecule has 0 bridgehead atoms. The van der Waals surface area contributed by atoms with Crippen molar-refractivity contribution in [2.45, 2.75) is 31.2 Å². The van der Waals surface area contributed by atoms with Gasteiger partial charge in [0.1, 0.15) is 11.9 Å². The van der Waals surface area contributed by atoms with Gasteiger partial charge in [-0.3, -0.25) is 19.3 Å². The van der Waals surface area contributed by atoms with Gasteiger partial charge in [-0.2, -0.15) is 0 Å². The molecule has 2 aliphatic rings. The summed E-state index contributed by atoms with van der Waals surface area (Å²) in [6.07, 6.45) is 1.78. The van der Waals surface area contributed by atoms with Crippen LogP contribution in [0.1, 0.15) is 35.2 Å². The van der Waals surface area contributed by atoms with E-state index in [4.69, 9.17) is 12.6 Å². The lowest BCUT2D eigenvalue weighted by Crippen LogP contribution is -2.56. The number of ether oxygens (including phenoxy) is 1. The maximum absolute atomic E-state index is 12.0. The average molecular weight is 383 g/mol. The Morgan fingerprint density at radius 3 is 2.71 bits per heavy atom. The monoisotopic (exact) mass is 383 g/mol. The highest BCUT2D eigenvalue weighted by Crippen LogP contribution is 2.50. The van der Waals surface area contributed by atoms with Gasteiger partial charge in [-0.15, -0.1) is 0 Å². The normalized spacial score (nSPS) is 22.6. The molecular weight excluding hydrogens is 357 g/mol. The molecule has 2 fully saturated rings. The Hall–Kier alpha value is -2.35. The molecule has 1 aliphatic carbocycles. The van der Waals surface area contributed by atoms with Crippen molar-refractivity contribution >= 4 is 25.9 Å². The van der Waals surface area contributed by atoms with Crippen LogP contribution in [0.15, 0.2) is 18.2 Å². The number of nitrogens with zero attached hydrogens (tertiary/aromatic N) is 1. The van der Waals surface area contributed by atoms with Crippen LogP contribution in [0.4, 0.5) is 0 Å². The van der Waals surface area contributed by atoms with Crippen LogP contribution in [0, 0.1) is 5.92 Å². The third-order valence-corrected chi connectivity index (χ3v) is 5.33. The van der Waals surface area contributed by atoms with Gasteiger partial charge in [0.15, 0.2) is 6.29 Å². The van der Waals surface area contributed by atoms with Gasteiger partial charge in [-0.1, -0.05) is 25.2 Å². The van der Waals surface area contributed by atoms with Crippen molar-refractivity contribution in [2.75, 3.05) is 33.2 Å². The number of rotatable bonds is 9. The van der Waals surface area contributed by atoms with Crippen molar-refractivity contribution in [1.29, 1.82) is 0 Å². The molecule has 3 unspecified atom stereocenters. The predicted octanol–water partition coefficient (Wildman–Crippen LogP) is 0.505. The number of likely N-dealkylation sites (N-methyl/N-ethyl adjacent to an activating group) is 1. The summed E-state index contributed by atoms with van der Waals surface area (Å²) in [6, 6.07) is 5.70. The summed E-state index contributed by atoms with van der Waals surface area (Å²) in [6.45, 7) is 3.81. The molecule has 1 aromatic carbocycles. The van der Waals surface area contributed by atoms with Gasteiger partial charge in [0.05, 0.1) is 20.0 Å². The third kappa shape index (κ3) is 4.92. The standard InChI is InChI=1S/C20H26BN3O4/c1-12(20(27)23-7-19(26)22-2)8-24-9-15(10-24)28-18-4-3-13(5-14(18)11-25)16-6-17(16)21/h3-5,11-12,15-17H,6-10H2,1-2H3,(H,22,26)(H,23,27). The zero-order valence-electron chi connectivity index (χ0n) is 16.3. The van der Waals surface area contributed by atoms with Crippen LogP contribution in [-0.4, -0.2) is 70.2 Å². The topological polar surface area (TPSA) is 87.7 Å². The summed E-state index contributed by atoms with van der Waals surface area (Å²) in [4.78, 5) is 36.7. The highest BCUT2D eigenvalue weighted by molar-refractivity contribution is 6.14. The van der Waals surface area contributed by atoms with Crippen LogP contribution in [0.25, 0.3) is 0 Å². The van der Waals surface area contributed by atoms with E-state index in [1.54, 1.807) is 0 Å². The van der Waals surface area contributed by atoms with Crippen LogP contribution in [0.3, 0.4) is 0 Å². The molecule has 1 heterocycles. The van der Waals surface area contributed by atoms with E-state index in [0.717, 1.165) is 18.3 Å². The summed E-state index contributed by atoms with van der Waals surface area (Å²) >= 11 is 0. The van der Waals surface area contributed by atoms with Crippen molar-refractivity contribution in [2.24, 2.45) is 5.92 Å². The molecule has 28 heavy (non-hydrogen) atoms. The zero-order chi connectivity index (χ0) is 20.3. The Morgan fingerprint density at radius 1 is 1.39 bits per heavy atom. The molecular formula is C20H26BN3O4. The minimum Gasteiger partial charge on any atom is -0.487 e. The van der Waals surface area contributed by atoms with Gasteiger partial charge in [-0.05, 0) is 23.6 Å². The molecule has 148 valence electrons. The summed E-state index contributed by atoms with van der Waals surface area (Å²) in [5.74, 6) is 0.542. The molecule has 1 saturated heterocycles. The fourth-order valence-corrected chi connectivity index (χ4v) is 3.42. The van der Waals surface area contributed by atoms with E-state index in [2.05, 4.69) is 15.5 Å². The molecule has 3 rings (SSSR count). The molecule has 1 aromatic rings. The number of amides is 2. The summed E-state index contributed by atoms with van der Waals surface area (Å²) < 4.78 is 5.96. The highest BCUT2D eigenvalue weighted by Gasteiger charge is 2.34. The van der Waals surface area contributed by atoms with Gasteiger partial charge in [0.25, 0.3) is 0 Å². The minimum absolute atomic E-state index is 0.00568. The average Bonchev–Trinajstić information content (AvgIpc) is 3.40. The smallest absolute Gasteiger partial charge is 0.239 e. The number of hydrogen-bond donors (Lipinski definition) is 2. The summed E-state index contributed by atoms with van der Waals surface area (Å²) in [5.41, 5.74) is 1.64. The van der Waals surface area contributed by atoms with Crippen LogP contribution in [0.5, 0.6) is 5.75 Å². The minimum atomic E-state index is -0.224. The van der Waals surface area contributed by atoms with Gasteiger partial charge in [-0.25, -0.2) is 0 Å². The fourth-order valence-electron chi connectivity index (χ4n) is 3.42. The molecule has 3 atom stereocenters. The summed E-state index contributed by atoms with van der Waals surface area (Å²) in [7, 11) is 7.41. The second-order valence-electron chi connectivity index (χ2n) is 7.67. The van der Waals surface area contributed by atoms with E-state index in [0.29, 0.717) is 36.9 Å². The van der Waals surface area contributed by atoms with Gasteiger partial charge >= 0.3 is 0 Å². The van der Waals surface area contributed by atoms with Crippen molar-refractivity contribution < 1.29 is 19.1 Å². The largest absolute Gasteiger partial charge is 0.487 e. The first-order chi connectivity index (χ1) is 13.4. The molecule has 2 N–H and O–H groups in total. The lowest BCUT2D eigenvalue weighted by molar-refractivity contribution is -0.129. The number of likely N-dealkylation sites (tertiary alicyclic amines) is 1. The van der Waals surface area contributed by atoms with E-state index in [9.17, 15) is 14.4 Å². The van der Waals surface area contributed by atoms with Crippen molar-refractivity contribution in [1.82, 2.24) is 15.5 Å². The van der Waals surface area contributed by atoms with Crippen LogP contribution in [0.2, 0.25) is 5.82 Å². The number of nitrogens with one attached hydrogen (secondary N) is 2. The lowest BCUT2D eigenvalue weighted by atomic mass is 9.96. The Morgan fingerprint density at radius 2 is 2.11 bits per heavy atom. The Balaban J connectivity index is 1.43. The van der Waals surface area contributed by atoms with E-state index < -0.39 is 0 Å². The fraction of sp³-hybridized carbons (Fsp3) is 0.550. The molecule has 0 spiro atoms. The molecule has 2 amide bonds. The third-order valence-electron chi connectivity index (χ3n) is 5.33. The maximum Gasteiger partial charge on any atom is 0.239 e. The van der Waals surface area contributed by atoms with Gasteiger partial charge in [0, 0.05) is 32.6 Å². The second-order valence-corrected chi connectivity index (χ2v) is 7.67. The Labute approximate surface area is 166 Å². The zero-order valence-corrected chi connectivity index (χ0v) is 16.3. The van der Waals surface area contributed by atoms with Gasteiger partial charge < -0.3 is 15.4 Å². The van der Waals surface area contributed by atoms with E-state index in [1.165, 1.54) is 7.05 Å². The molecule has 0 aromatic heterocycles. The first kappa shape index (κ1) is 20.4. The Kier molecular flexibility index (Phi) is 6.39. The lowest BCUT2D eigenvalue weighted by Gasteiger charge is -2.40. The van der Waals surface area contributed by atoms with Crippen LogP contribution >= 0.6 is 0 Å². The van der Waals surface area contributed by atoms with E-state index in [-0.39, 0.29) is 36.2 Å². The second kappa shape index (κ2) is 8.77. The number of hydrogen-bond acceptors (Lipinski definition) is 5. The molecule has 8 heteroatoms. The molecule has 1 saturated carbocycles. The first-order valence-corrected chi connectivity index (χ1v) is 9.63. The molecule has 2 radical (unpaired) electrons. The highest BCUT2D eigenvalue weighted by atomic mass is 16.5. The molecule has 1 aliphatic heterocycles. The predicted molar refractivity (Wildman–Crippen MR) is 106 cm³/mol.